The molecule has 1 heterocycles. The van der Waals surface area contributed by atoms with Gasteiger partial charge in [0.15, 0.2) is 0 Å². The average molecular weight is 378 g/mol. The van der Waals surface area contributed by atoms with Gasteiger partial charge in [0.2, 0.25) is 0 Å². The van der Waals surface area contributed by atoms with Crippen LogP contribution < -0.4 is 5.32 Å². The summed E-state index contributed by atoms with van der Waals surface area (Å²) in [6.07, 6.45) is 1.93. The Hall–Kier alpha value is -1.59. The summed E-state index contributed by atoms with van der Waals surface area (Å²) >= 11 is 3.42. The number of hydrogen-bond donors (Lipinski definition) is 1. The maximum atomic E-state index is 12.4. The Kier molecular flexibility index (Phi) is 6.42. The second-order valence-corrected chi connectivity index (χ2v) is 6.58. The topological polar surface area (TPSA) is 37.3 Å². The lowest BCUT2D eigenvalue weighted by Crippen LogP contribution is -2.25. The van der Waals surface area contributed by atoms with Gasteiger partial charge in [0.1, 0.15) is 5.69 Å². The number of carbonyl (C=O) groups is 1. The first-order valence-corrected chi connectivity index (χ1v) is 8.73. The van der Waals surface area contributed by atoms with E-state index in [0.717, 1.165) is 29.7 Å². The fraction of sp³-hybridized carbons (Fsp3) is 0.389. The van der Waals surface area contributed by atoms with Gasteiger partial charge in [0, 0.05) is 30.3 Å². The number of nitrogens with one attached hydrogen (secondary N) is 1. The molecule has 124 valence electrons. The number of carbonyl (C=O) groups excluding carboxylic acids is 1. The van der Waals surface area contributed by atoms with Crippen LogP contribution in [0.5, 0.6) is 0 Å². The highest BCUT2D eigenvalue weighted by Crippen LogP contribution is 2.15. The van der Waals surface area contributed by atoms with Crippen LogP contribution in [0.1, 0.15) is 35.5 Å². The van der Waals surface area contributed by atoms with Crippen LogP contribution in [0, 0.1) is 0 Å². The second kappa shape index (κ2) is 8.31. The maximum Gasteiger partial charge on any atom is 0.268 e. The van der Waals surface area contributed by atoms with Crippen molar-refractivity contribution in [1.82, 2.24) is 14.8 Å². The second-order valence-electron chi connectivity index (χ2n) is 5.66. The number of rotatable bonds is 7. The number of aryl methyl sites for hydroxylation is 1. The van der Waals surface area contributed by atoms with E-state index < -0.39 is 0 Å². The highest BCUT2D eigenvalue weighted by Gasteiger charge is 2.12. The van der Waals surface area contributed by atoms with Crippen molar-refractivity contribution in [3.8, 4) is 0 Å². The van der Waals surface area contributed by atoms with Gasteiger partial charge in [-0.3, -0.25) is 4.79 Å². The van der Waals surface area contributed by atoms with E-state index in [0.29, 0.717) is 12.2 Å². The molecule has 4 nitrogen and oxygen atoms in total. The quantitative estimate of drug-likeness (QED) is 0.799. The molecule has 2 rings (SSSR count). The zero-order valence-electron chi connectivity index (χ0n) is 14.0. The highest BCUT2D eigenvalue weighted by atomic mass is 79.9. The molecule has 0 aliphatic carbocycles. The van der Waals surface area contributed by atoms with Crippen LogP contribution in [-0.4, -0.2) is 29.0 Å². The lowest BCUT2D eigenvalue weighted by molar-refractivity contribution is 0.0941. The van der Waals surface area contributed by atoms with Crippen LogP contribution in [0.25, 0.3) is 0 Å². The van der Waals surface area contributed by atoms with E-state index in [1.807, 2.05) is 35.9 Å². The van der Waals surface area contributed by atoms with E-state index in [4.69, 9.17) is 0 Å². The summed E-state index contributed by atoms with van der Waals surface area (Å²) in [5.41, 5.74) is 3.07. The fourth-order valence-electron chi connectivity index (χ4n) is 2.46. The Morgan fingerprint density at radius 2 is 2.00 bits per heavy atom. The van der Waals surface area contributed by atoms with E-state index in [1.165, 1.54) is 5.56 Å². The van der Waals surface area contributed by atoms with E-state index in [2.05, 4.69) is 52.3 Å². The lowest BCUT2D eigenvalue weighted by atomic mass is 10.1. The first-order chi connectivity index (χ1) is 11.0. The van der Waals surface area contributed by atoms with Crippen LogP contribution in [0.4, 0.5) is 0 Å². The number of hydrogen-bond acceptors (Lipinski definition) is 2. The number of nitrogens with zero attached hydrogens (tertiary/aromatic N) is 2. The molecule has 1 aromatic heterocycles. The highest BCUT2D eigenvalue weighted by molar-refractivity contribution is 9.10. The van der Waals surface area contributed by atoms with E-state index in [-0.39, 0.29) is 5.91 Å². The van der Waals surface area contributed by atoms with E-state index in [1.54, 1.807) is 0 Å². The molecule has 1 amide bonds. The smallest absolute Gasteiger partial charge is 0.268 e. The van der Waals surface area contributed by atoms with Crippen molar-refractivity contribution >= 4 is 21.8 Å². The summed E-state index contributed by atoms with van der Waals surface area (Å²) in [7, 11) is 2.10. The van der Waals surface area contributed by atoms with Gasteiger partial charge in [-0.15, -0.1) is 0 Å². The van der Waals surface area contributed by atoms with Crippen molar-refractivity contribution in [2.75, 3.05) is 13.6 Å². The lowest BCUT2D eigenvalue weighted by Gasteiger charge is -2.14. The number of benzene rings is 1. The van der Waals surface area contributed by atoms with Crippen LogP contribution in [-0.2, 0) is 19.6 Å². The zero-order chi connectivity index (χ0) is 16.8. The number of aromatic nitrogens is 1. The molecule has 0 bridgehead atoms. The summed E-state index contributed by atoms with van der Waals surface area (Å²) in [6.45, 7) is 7.41. The first kappa shape index (κ1) is 17.8. The molecule has 0 atom stereocenters. The van der Waals surface area contributed by atoms with Gasteiger partial charge in [0.25, 0.3) is 5.91 Å². The van der Waals surface area contributed by atoms with Crippen molar-refractivity contribution in [2.45, 2.75) is 33.5 Å². The Labute approximate surface area is 146 Å². The largest absolute Gasteiger partial charge is 0.347 e. The predicted octanol–water partition coefficient (Wildman–Crippen LogP) is 3.65. The third-order valence-corrected chi connectivity index (χ3v) is 4.31. The molecule has 0 saturated heterocycles. The standard InChI is InChI=1S/C18H24BrN3O/c1-4-21(3)12-15-8-6-7-14(9-15)11-20-18(23)17-10-16(19)13-22(17)5-2/h6-10,13H,4-5,11-12H2,1-3H3,(H,20,23). The number of amides is 1. The molecule has 1 N–H and O–H groups in total. The first-order valence-electron chi connectivity index (χ1n) is 7.93. The Bertz CT molecular complexity index is 666. The molecule has 5 heteroatoms. The molecular weight excluding hydrogens is 354 g/mol. The Balaban J connectivity index is 2.00. The monoisotopic (exact) mass is 377 g/mol. The summed E-state index contributed by atoms with van der Waals surface area (Å²) in [6, 6.07) is 10.2. The van der Waals surface area contributed by atoms with Crippen LogP contribution in [0.2, 0.25) is 0 Å². The molecule has 23 heavy (non-hydrogen) atoms. The van der Waals surface area contributed by atoms with Gasteiger partial charge >= 0.3 is 0 Å². The minimum Gasteiger partial charge on any atom is -0.347 e. The molecule has 0 unspecified atom stereocenters. The van der Waals surface area contributed by atoms with Crippen molar-refractivity contribution < 1.29 is 4.79 Å². The van der Waals surface area contributed by atoms with E-state index in [9.17, 15) is 4.79 Å². The third-order valence-electron chi connectivity index (χ3n) is 3.87. The molecule has 0 aliphatic heterocycles. The van der Waals surface area contributed by atoms with Crippen LogP contribution in [0.3, 0.4) is 0 Å². The minimum absolute atomic E-state index is 0.0476. The van der Waals surface area contributed by atoms with Gasteiger partial charge < -0.3 is 14.8 Å². The molecule has 0 aliphatic rings. The number of halogens is 1. The van der Waals surface area contributed by atoms with Gasteiger partial charge in [-0.05, 0) is 53.6 Å². The predicted molar refractivity (Wildman–Crippen MR) is 97.4 cm³/mol. The normalized spacial score (nSPS) is 11.0. The third kappa shape index (κ3) is 4.94. The molecule has 0 radical (unpaired) electrons. The van der Waals surface area contributed by atoms with Crippen molar-refractivity contribution in [3.05, 3.63) is 57.8 Å². The Morgan fingerprint density at radius 1 is 1.26 bits per heavy atom. The van der Waals surface area contributed by atoms with Gasteiger partial charge in [-0.1, -0.05) is 31.2 Å². The molecule has 0 fully saturated rings. The van der Waals surface area contributed by atoms with Crippen molar-refractivity contribution in [2.24, 2.45) is 0 Å². The molecule has 2 aromatic rings. The van der Waals surface area contributed by atoms with Crippen LogP contribution >= 0.6 is 15.9 Å². The zero-order valence-corrected chi connectivity index (χ0v) is 15.6. The molecule has 1 aromatic carbocycles. The SMILES string of the molecule is CCN(C)Cc1cccc(CNC(=O)c2cc(Br)cn2CC)c1. The summed E-state index contributed by atoms with van der Waals surface area (Å²) in [4.78, 5) is 14.6. The molecule has 0 spiro atoms. The summed E-state index contributed by atoms with van der Waals surface area (Å²) in [5.74, 6) is -0.0476. The van der Waals surface area contributed by atoms with Crippen molar-refractivity contribution in [1.29, 1.82) is 0 Å². The van der Waals surface area contributed by atoms with E-state index >= 15 is 0 Å². The minimum atomic E-state index is -0.0476. The summed E-state index contributed by atoms with van der Waals surface area (Å²) in [5, 5.41) is 3.00. The fourth-order valence-corrected chi connectivity index (χ4v) is 2.93. The Morgan fingerprint density at radius 3 is 2.70 bits per heavy atom. The van der Waals surface area contributed by atoms with Gasteiger partial charge in [-0.2, -0.15) is 0 Å². The molecular formula is C18H24BrN3O. The average Bonchev–Trinajstić information content (AvgIpc) is 2.94. The van der Waals surface area contributed by atoms with Gasteiger partial charge in [-0.25, -0.2) is 0 Å². The summed E-state index contributed by atoms with van der Waals surface area (Å²) < 4.78 is 2.86. The van der Waals surface area contributed by atoms with Crippen LogP contribution in [0.15, 0.2) is 41.0 Å². The van der Waals surface area contributed by atoms with Gasteiger partial charge in [0.05, 0.1) is 0 Å². The van der Waals surface area contributed by atoms with Crippen molar-refractivity contribution in [3.63, 3.8) is 0 Å². The maximum absolute atomic E-state index is 12.4. The molecule has 0 saturated carbocycles.